The monoisotopic (exact) mass is 1090 g/mol. The predicted molar refractivity (Wildman–Crippen MR) is 318 cm³/mol. The molecule has 12 nitrogen and oxygen atoms in total. The number of hydrogen-bond donors (Lipinski definition) is 3. The first-order chi connectivity index (χ1) is 35.0. The Balaban J connectivity index is 1.95. The summed E-state index contributed by atoms with van der Waals surface area (Å²) in [5, 5.41) is 5.64. The minimum atomic E-state index is -0.814. The summed E-state index contributed by atoms with van der Waals surface area (Å²) in [5.74, 6) is -0.304. The number of thioether (sulfide) groups is 1. The second-order valence-corrected chi connectivity index (χ2v) is 31.5. The fraction of sp³-hybridized carbons (Fsp3) is 0.781. The van der Waals surface area contributed by atoms with E-state index in [1.807, 2.05) is 82.2 Å². The van der Waals surface area contributed by atoms with E-state index in [1.54, 1.807) is 0 Å². The number of rotatable bonds is 16. The number of amides is 2. The van der Waals surface area contributed by atoms with Crippen LogP contribution in [-0.2, 0) is 33.4 Å². The first kappa shape index (κ1) is 65.6. The highest BCUT2D eigenvalue weighted by Gasteiger charge is 2.51. The molecule has 5 atom stereocenters. The molecule has 1 aromatic heterocycles. The molecular formula is C64H106N4O8S. The third-order valence-corrected chi connectivity index (χ3v) is 18.2. The summed E-state index contributed by atoms with van der Waals surface area (Å²) in [6.07, 6.45) is 5.97. The van der Waals surface area contributed by atoms with Gasteiger partial charge in [0.25, 0.3) is 0 Å². The first-order valence-electron chi connectivity index (χ1n) is 29.2. The van der Waals surface area contributed by atoms with Crippen LogP contribution in [0.4, 0.5) is 5.82 Å². The van der Waals surface area contributed by atoms with E-state index < -0.39 is 34.1 Å². The third-order valence-electron chi connectivity index (χ3n) is 16.9. The first-order valence-corrected chi connectivity index (χ1v) is 30.2. The van der Waals surface area contributed by atoms with E-state index in [1.165, 1.54) is 11.8 Å². The van der Waals surface area contributed by atoms with Crippen molar-refractivity contribution in [3.63, 3.8) is 0 Å². The summed E-state index contributed by atoms with van der Waals surface area (Å²) in [7, 11) is 0. The molecule has 0 bridgehead atoms. The number of esters is 3. The molecule has 0 saturated heterocycles. The number of aliphatic imine (C=N–C) groups is 1. The number of nitrogens with zero attached hydrogens (tertiary/aromatic N) is 1. The van der Waals surface area contributed by atoms with Gasteiger partial charge in [-0.05, 0) is 128 Å². The fourth-order valence-corrected chi connectivity index (χ4v) is 12.5. The van der Waals surface area contributed by atoms with E-state index in [-0.39, 0.29) is 110 Å². The van der Waals surface area contributed by atoms with E-state index in [0.717, 1.165) is 25.7 Å². The Morgan fingerprint density at radius 2 is 1.13 bits per heavy atom. The lowest BCUT2D eigenvalue weighted by Gasteiger charge is -2.50. The van der Waals surface area contributed by atoms with Crippen molar-refractivity contribution in [2.75, 3.05) is 17.7 Å². The van der Waals surface area contributed by atoms with Crippen LogP contribution >= 0.6 is 11.8 Å². The van der Waals surface area contributed by atoms with Gasteiger partial charge in [-0.3, -0.25) is 14.4 Å². The summed E-state index contributed by atoms with van der Waals surface area (Å²) >= 11 is 1.44. The summed E-state index contributed by atoms with van der Waals surface area (Å²) < 4.78 is 19.4. The van der Waals surface area contributed by atoms with Gasteiger partial charge < -0.3 is 29.8 Å². The molecule has 77 heavy (non-hydrogen) atoms. The van der Waals surface area contributed by atoms with Gasteiger partial charge in [0.2, 0.25) is 11.8 Å². The molecule has 2 saturated carbocycles. The zero-order valence-corrected chi connectivity index (χ0v) is 53.5. The molecule has 3 N–H and O–H groups in total. The van der Waals surface area contributed by atoms with Crippen LogP contribution in [0.1, 0.15) is 239 Å². The number of nitrogens with one attached hydrogen (secondary N) is 3. The summed E-state index contributed by atoms with van der Waals surface area (Å²) in [6, 6.07) is 0. The Morgan fingerprint density at radius 3 is 1.53 bits per heavy atom. The van der Waals surface area contributed by atoms with Gasteiger partial charge >= 0.3 is 17.9 Å². The van der Waals surface area contributed by atoms with Gasteiger partial charge in [-0.25, -0.2) is 14.6 Å². The van der Waals surface area contributed by atoms with Crippen molar-refractivity contribution in [1.29, 1.82) is 0 Å². The topological polar surface area (TPSA) is 165 Å². The molecule has 2 heterocycles. The molecular weight excluding hydrogens is 985 g/mol. The summed E-state index contributed by atoms with van der Waals surface area (Å²) in [5.41, 5.74) is 0.633. The van der Waals surface area contributed by atoms with Crippen LogP contribution in [0.3, 0.4) is 0 Å². The van der Waals surface area contributed by atoms with Crippen LogP contribution < -0.4 is 10.6 Å². The Labute approximate surface area is 470 Å². The molecule has 0 aromatic carbocycles. The predicted octanol–water partition coefficient (Wildman–Crippen LogP) is 15.4. The fourth-order valence-electron chi connectivity index (χ4n) is 11.7. The number of amidine groups is 1. The van der Waals surface area contributed by atoms with Crippen LogP contribution in [0.2, 0.25) is 0 Å². The third kappa shape index (κ3) is 16.4. The van der Waals surface area contributed by atoms with Gasteiger partial charge in [-0.1, -0.05) is 152 Å². The molecule has 2 fully saturated rings. The van der Waals surface area contributed by atoms with Gasteiger partial charge in [0, 0.05) is 34.8 Å². The largest absolute Gasteiger partial charge is 0.465 e. The molecule has 436 valence electrons. The van der Waals surface area contributed by atoms with Crippen LogP contribution in [-0.4, -0.2) is 70.4 Å². The van der Waals surface area contributed by atoms with Crippen molar-refractivity contribution in [3.05, 3.63) is 33.7 Å². The highest BCUT2D eigenvalue weighted by molar-refractivity contribution is 8.00. The van der Waals surface area contributed by atoms with E-state index in [0.29, 0.717) is 53.0 Å². The molecule has 1 aliphatic heterocycles. The highest BCUT2D eigenvalue weighted by Crippen LogP contribution is 2.52. The van der Waals surface area contributed by atoms with Gasteiger partial charge in [-0.2, -0.15) is 0 Å². The zero-order chi connectivity index (χ0) is 58.9. The number of aromatic nitrogens is 1. The molecule has 5 unspecified atom stereocenters. The Morgan fingerprint density at radius 1 is 0.675 bits per heavy atom. The number of carbonyl (C=O) groups excluding carboxylic acids is 5. The van der Waals surface area contributed by atoms with Crippen molar-refractivity contribution in [2.24, 2.45) is 78.9 Å². The van der Waals surface area contributed by atoms with Crippen molar-refractivity contribution in [1.82, 2.24) is 10.3 Å². The number of carbonyl (C=O) groups is 5. The number of H-pyrrole nitrogens is 1. The normalized spacial score (nSPS) is 25.0. The average molecular weight is 1090 g/mol. The van der Waals surface area contributed by atoms with E-state index in [9.17, 15) is 14.4 Å². The smallest absolute Gasteiger partial charge is 0.342 e. The summed E-state index contributed by atoms with van der Waals surface area (Å²) in [4.78, 5) is 80.3. The quantitative estimate of drug-likeness (QED) is 0.0830. The minimum Gasteiger partial charge on any atom is -0.465 e. The maximum Gasteiger partial charge on any atom is 0.342 e. The Hall–Kier alpha value is -3.87. The SMILES string of the molecule is CCC(C)(C)C(=O)OCCCSC(C)C(=O)Nc1[nH]c(C=C2N=C(NC(=O)C(C)(C)C)C(C(=O)OC3C(C(C)(C)C)CC(C)CC3C(C)(C)C)=C2C(C)C)c(C(C)C)c1C(=O)OC1C(C(C)(C)C)CC(C)CC1C(C)(C)C. The lowest BCUT2D eigenvalue weighted by molar-refractivity contribution is -0.164. The van der Waals surface area contributed by atoms with Crippen LogP contribution in [0.25, 0.3) is 6.08 Å². The Kier molecular flexibility index (Phi) is 21.2. The molecule has 2 aliphatic carbocycles. The summed E-state index contributed by atoms with van der Waals surface area (Å²) in [6.45, 7) is 52.6. The zero-order valence-electron chi connectivity index (χ0n) is 52.7. The lowest BCUT2D eigenvalue weighted by atomic mass is 9.59. The van der Waals surface area contributed by atoms with Crippen LogP contribution in [0.5, 0.6) is 0 Å². The van der Waals surface area contributed by atoms with Gasteiger partial charge in [-0.15, -0.1) is 11.8 Å². The second kappa shape index (κ2) is 24.9. The number of hydrogen-bond acceptors (Lipinski definition) is 10. The molecule has 0 spiro atoms. The number of allylic oxidation sites excluding steroid dienone is 1. The van der Waals surface area contributed by atoms with Crippen LogP contribution in [0, 0.1) is 73.9 Å². The highest BCUT2D eigenvalue weighted by atomic mass is 32.2. The number of ether oxygens (including phenoxy) is 3. The molecule has 4 rings (SSSR count). The van der Waals surface area contributed by atoms with Gasteiger partial charge in [0.1, 0.15) is 35.0 Å². The lowest BCUT2D eigenvalue weighted by Crippen LogP contribution is -2.50. The number of anilines is 1. The molecule has 3 aliphatic rings. The average Bonchev–Trinajstić information content (AvgIpc) is 3.82. The van der Waals surface area contributed by atoms with E-state index in [2.05, 4.69) is 113 Å². The molecule has 1 aromatic rings. The maximum atomic E-state index is 15.5. The number of aromatic amines is 1. The van der Waals surface area contributed by atoms with Crippen molar-refractivity contribution < 1.29 is 38.2 Å². The van der Waals surface area contributed by atoms with Crippen LogP contribution in [0.15, 0.2) is 21.8 Å². The minimum absolute atomic E-state index is 0.0741. The van der Waals surface area contributed by atoms with Gasteiger partial charge in [0.05, 0.1) is 23.0 Å². The van der Waals surface area contributed by atoms with E-state index >= 15 is 9.59 Å². The van der Waals surface area contributed by atoms with Crippen molar-refractivity contribution >= 4 is 59.2 Å². The standard InChI is InChI=1S/C64H106N4O8S/c1-26-64(24,25)58(73)74-28-27-29-77-39(8)54(69)67-52-48(55(70)75-50-40(59(9,10)11)30-37(6)31-41(50)60(12,13)14)46(35(2)3)44(65-52)34-45-47(36(4)5)49(53(66-45)68-57(72)63(21,22)23)56(71)76-51-42(61(15,16)17)32-38(7)33-43(51)62(18,19)20/h34-43,50-51,65H,26-33H2,1-25H3,(H,67,69)(H,66,68,72). The maximum absolute atomic E-state index is 15.5. The van der Waals surface area contributed by atoms with Crippen molar-refractivity contribution in [2.45, 2.75) is 235 Å². The molecule has 13 heteroatoms. The van der Waals surface area contributed by atoms with Crippen molar-refractivity contribution in [3.8, 4) is 0 Å². The second-order valence-electron chi connectivity index (χ2n) is 30.0. The molecule has 2 amide bonds. The van der Waals surface area contributed by atoms with Gasteiger partial charge in [0.15, 0.2) is 0 Å². The molecule has 0 radical (unpaired) electrons. The van der Waals surface area contributed by atoms with E-state index in [4.69, 9.17) is 19.2 Å². The Bertz CT molecular complexity index is 2340.